The number of amides is 2. The number of methoxy groups -OCH3 is 1. The van der Waals surface area contributed by atoms with E-state index in [0.717, 1.165) is 19.4 Å². The fourth-order valence-electron chi connectivity index (χ4n) is 2.57. The molecule has 1 aromatic rings. The van der Waals surface area contributed by atoms with Gasteiger partial charge < -0.3 is 19.7 Å². The smallest absolute Gasteiger partial charge is 0.226 e. The largest absolute Gasteiger partial charge is 0.497 e. The fraction of sp³-hybridized carbons (Fsp3) is 0.529. The van der Waals surface area contributed by atoms with Crippen molar-refractivity contribution in [2.45, 2.75) is 32.3 Å². The van der Waals surface area contributed by atoms with E-state index in [2.05, 4.69) is 5.32 Å². The number of nitrogens with zero attached hydrogens (tertiary/aromatic N) is 1. The maximum absolute atomic E-state index is 12.1. The van der Waals surface area contributed by atoms with Gasteiger partial charge in [0.1, 0.15) is 5.75 Å². The molecule has 1 saturated heterocycles. The Morgan fingerprint density at radius 2 is 2.26 bits per heavy atom. The van der Waals surface area contributed by atoms with Crippen molar-refractivity contribution >= 4 is 17.5 Å². The molecule has 6 heteroatoms. The minimum atomic E-state index is -0.128. The molecule has 0 bridgehead atoms. The first-order valence-electron chi connectivity index (χ1n) is 7.89. The van der Waals surface area contributed by atoms with Crippen LogP contribution in [0.5, 0.6) is 5.75 Å². The van der Waals surface area contributed by atoms with Gasteiger partial charge in [0.25, 0.3) is 0 Å². The highest BCUT2D eigenvalue weighted by Gasteiger charge is 2.21. The second-order valence-electron chi connectivity index (χ2n) is 5.63. The number of hydrogen-bond acceptors (Lipinski definition) is 4. The van der Waals surface area contributed by atoms with E-state index in [1.54, 1.807) is 24.1 Å². The molecule has 0 spiro atoms. The summed E-state index contributed by atoms with van der Waals surface area (Å²) in [5.41, 5.74) is 0.683. The molecule has 1 aliphatic heterocycles. The van der Waals surface area contributed by atoms with E-state index in [-0.39, 0.29) is 24.3 Å². The van der Waals surface area contributed by atoms with Crippen molar-refractivity contribution in [1.82, 2.24) is 4.90 Å². The van der Waals surface area contributed by atoms with Crippen LogP contribution in [0.2, 0.25) is 0 Å². The van der Waals surface area contributed by atoms with Gasteiger partial charge in [-0.1, -0.05) is 6.07 Å². The molecule has 1 aromatic carbocycles. The van der Waals surface area contributed by atoms with E-state index in [4.69, 9.17) is 9.47 Å². The number of ether oxygens (including phenoxy) is 2. The number of anilines is 1. The Kier molecular flexibility index (Phi) is 6.40. The lowest BCUT2D eigenvalue weighted by Crippen LogP contribution is -2.37. The normalized spacial score (nSPS) is 16.9. The van der Waals surface area contributed by atoms with Gasteiger partial charge in [-0.25, -0.2) is 0 Å². The van der Waals surface area contributed by atoms with E-state index in [1.165, 1.54) is 6.92 Å². The molecular weight excluding hydrogens is 296 g/mol. The molecule has 1 atom stereocenters. The van der Waals surface area contributed by atoms with Crippen LogP contribution in [0.4, 0.5) is 5.69 Å². The van der Waals surface area contributed by atoms with E-state index >= 15 is 0 Å². The van der Waals surface area contributed by atoms with Gasteiger partial charge in [0, 0.05) is 44.8 Å². The number of hydrogen-bond donors (Lipinski definition) is 1. The summed E-state index contributed by atoms with van der Waals surface area (Å²) in [7, 11) is 1.58. The first-order valence-corrected chi connectivity index (χ1v) is 7.89. The topological polar surface area (TPSA) is 67.9 Å². The second kappa shape index (κ2) is 8.53. The summed E-state index contributed by atoms with van der Waals surface area (Å²) in [6.07, 6.45) is 2.36. The molecule has 1 fully saturated rings. The Hall–Kier alpha value is -2.08. The van der Waals surface area contributed by atoms with E-state index in [0.29, 0.717) is 24.5 Å². The van der Waals surface area contributed by atoms with Crippen LogP contribution in [0.25, 0.3) is 0 Å². The highest BCUT2D eigenvalue weighted by molar-refractivity contribution is 5.91. The van der Waals surface area contributed by atoms with Gasteiger partial charge in [-0.05, 0) is 25.0 Å². The summed E-state index contributed by atoms with van der Waals surface area (Å²) in [6.45, 7) is 3.23. The van der Waals surface area contributed by atoms with Crippen LogP contribution in [-0.2, 0) is 14.3 Å². The van der Waals surface area contributed by atoms with Gasteiger partial charge in [-0.2, -0.15) is 0 Å². The SMILES string of the molecule is COc1cccc(NC(=O)CCN(CC2CCCO2)C(C)=O)c1. The predicted octanol–water partition coefficient (Wildman–Crippen LogP) is 2.05. The maximum atomic E-state index is 12.1. The van der Waals surface area contributed by atoms with Crippen LogP contribution in [0.3, 0.4) is 0 Å². The second-order valence-corrected chi connectivity index (χ2v) is 5.63. The fourth-order valence-corrected chi connectivity index (χ4v) is 2.57. The minimum Gasteiger partial charge on any atom is -0.497 e. The van der Waals surface area contributed by atoms with Crippen LogP contribution in [0.1, 0.15) is 26.2 Å². The Labute approximate surface area is 136 Å². The monoisotopic (exact) mass is 320 g/mol. The Balaban J connectivity index is 1.81. The molecule has 0 aliphatic carbocycles. The van der Waals surface area contributed by atoms with Crippen molar-refractivity contribution in [3.8, 4) is 5.75 Å². The number of rotatable bonds is 7. The van der Waals surface area contributed by atoms with Crippen LogP contribution < -0.4 is 10.1 Å². The third kappa shape index (κ3) is 5.56. The van der Waals surface area contributed by atoms with E-state index in [1.807, 2.05) is 12.1 Å². The van der Waals surface area contributed by atoms with Gasteiger partial charge in [-0.15, -0.1) is 0 Å². The molecule has 1 unspecified atom stereocenters. The zero-order chi connectivity index (χ0) is 16.7. The van der Waals surface area contributed by atoms with Crippen LogP contribution >= 0.6 is 0 Å². The third-order valence-corrected chi connectivity index (χ3v) is 3.86. The van der Waals surface area contributed by atoms with Crippen molar-refractivity contribution < 1.29 is 19.1 Å². The van der Waals surface area contributed by atoms with E-state index in [9.17, 15) is 9.59 Å². The summed E-state index contributed by atoms with van der Waals surface area (Å²) in [4.78, 5) is 25.4. The Morgan fingerprint density at radius 3 is 2.91 bits per heavy atom. The van der Waals surface area contributed by atoms with E-state index < -0.39 is 0 Å². The molecule has 6 nitrogen and oxygen atoms in total. The zero-order valence-corrected chi connectivity index (χ0v) is 13.7. The lowest BCUT2D eigenvalue weighted by atomic mass is 10.2. The van der Waals surface area contributed by atoms with Gasteiger partial charge in [0.05, 0.1) is 13.2 Å². The first kappa shape index (κ1) is 17.3. The minimum absolute atomic E-state index is 0.0327. The Morgan fingerprint density at radius 1 is 1.43 bits per heavy atom. The molecule has 1 heterocycles. The summed E-state index contributed by atoms with van der Waals surface area (Å²) in [5.74, 6) is 0.526. The van der Waals surface area contributed by atoms with Gasteiger partial charge >= 0.3 is 0 Å². The van der Waals surface area contributed by atoms with Crippen molar-refractivity contribution in [2.75, 3.05) is 32.1 Å². The molecule has 126 valence electrons. The maximum Gasteiger partial charge on any atom is 0.226 e. The summed E-state index contributed by atoms with van der Waals surface area (Å²) >= 11 is 0. The van der Waals surface area contributed by atoms with Gasteiger partial charge in [0.15, 0.2) is 0 Å². The van der Waals surface area contributed by atoms with Crippen molar-refractivity contribution in [2.24, 2.45) is 0 Å². The number of carbonyl (C=O) groups is 2. The molecule has 23 heavy (non-hydrogen) atoms. The number of nitrogens with one attached hydrogen (secondary N) is 1. The number of benzene rings is 1. The van der Waals surface area contributed by atoms with Gasteiger partial charge in [-0.3, -0.25) is 9.59 Å². The molecule has 2 amide bonds. The van der Waals surface area contributed by atoms with Crippen LogP contribution in [0, 0.1) is 0 Å². The molecule has 0 radical (unpaired) electrons. The zero-order valence-electron chi connectivity index (χ0n) is 13.7. The quantitative estimate of drug-likeness (QED) is 0.835. The lowest BCUT2D eigenvalue weighted by Gasteiger charge is -2.23. The standard InChI is InChI=1S/C17H24N2O4/c1-13(20)19(12-16-7-4-10-23-16)9-8-17(21)18-14-5-3-6-15(11-14)22-2/h3,5-6,11,16H,4,7-10,12H2,1-2H3,(H,18,21). The molecule has 1 N–H and O–H groups in total. The third-order valence-electron chi connectivity index (χ3n) is 3.86. The summed E-state index contributed by atoms with van der Waals surface area (Å²) in [6, 6.07) is 7.19. The molecule has 2 rings (SSSR count). The molecular formula is C17H24N2O4. The average Bonchev–Trinajstić information content (AvgIpc) is 3.04. The average molecular weight is 320 g/mol. The molecule has 1 aliphatic rings. The number of carbonyl (C=O) groups excluding carboxylic acids is 2. The van der Waals surface area contributed by atoms with Crippen LogP contribution in [-0.4, -0.2) is 49.6 Å². The highest BCUT2D eigenvalue weighted by Crippen LogP contribution is 2.17. The predicted molar refractivity (Wildman–Crippen MR) is 87.5 cm³/mol. The van der Waals surface area contributed by atoms with Crippen molar-refractivity contribution in [1.29, 1.82) is 0 Å². The van der Waals surface area contributed by atoms with Gasteiger partial charge in [0.2, 0.25) is 11.8 Å². The Bertz CT molecular complexity index is 541. The highest BCUT2D eigenvalue weighted by atomic mass is 16.5. The van der Waals surface area contributed by atoms with Crippen LogP contribution in [0.15, 0.2) is 24.3 Å². The lowest BCUT2D eigenvalue weighted by molar-refractivity contribution is -0.130. The van der Waals surface area contributed by atoms with Crippen molar-refractivity contribution in [3.63, 3.8) is 0 Å². The molecule has 0 saturated carbocycles. The first-order chi connectivity index (χ1) is 11.1. The summed E-state index contributed by atoms with van der Waals surface area (Å²) < 4.78 is 10.7. The summed E-state index contributed by atoms with van der Waals surface area (Å²) in [5, 5.41) is 2.82. The molecule has 0 aromatic heterocycles. The van der Waals surface area contributed by atoms with Crippen molar-refractivity contribution in [3.05, 3.63) is 24.3 Å².